The average molecular weight is 629 g/mol. The van der Waals surface area contributed by atoms with E-state index in [4.69, 9.17) is 21.1 Å². The molecule has 0 aliphatic carbocycles. The lowest BCUT2D eigenvalue weighted by molar-refractivity contribution is -0.186. The number of aliphatic hydroxyl groups excluding tert-OH is 2. The van der Waals surface area contributed by atoms with Gasteiger partial charge in [0, 0.05) is 41.3 Å². The van der Waals surface area contributed by atoms with Gasteiger partial charge >= 0.3 is 0 Å². The summed E-state index contributed by atoms with van der Waals surface area (Å²) >= 11 is 10.4. The number of hydrogen-bond donors (Lipinski definition) is 2. The number of halogens is 3. The van der Waals surface area contributed by atoms with Crippen LogP contribution in [-0.4, -0.2) is 91.6 Å². The second-order valence-electron chi connectivity index (χ2n) is 8.88. The van der Waals surface area contributed by atoms with Crippen molar-refractivity contribution in [3.8, 4) is 11.3 Å². The third-order valence-electron chi connectivity index (χ3n) is 6.54. The fourth-order valence-electron chi connectivity index (χ4n) is 4.38. The molecule has 1 amide bonds. The zero-order valence-corrected chi connectivity index (χ0v) is 23.2. The van der Waals surface area contributed by atoms with E-state index in [-0.39, 0.29) is 16.6 Å². The molecular formula is C24H24BrClFN5O5S. The third kappa shape index (κ3) is 5.33. The molecule has 1 aromatic carbocycles. The number of amides is 1. The number of aromatic nitrogens is 4. The van der Waals surface area contributed by atoms with Crippen LogP contribution in [0.4, 0.5) is 4.39 Å². The predicted octanol–water partition coefficient (Wildman–Crippen LogP) is 3.17. The Hall–Kier alpha value is -2.13. The topological polar surface area (TPSA) is 123 Å². The Bertz CT molecular complexity index is 1330. The van der Waals surface area contributed by atoms with Crippen LogP contribution in [0.2, 0.25) is 5.02 Å². The lowest BCUT2D eigenvalue weighted by Gasteiger charge is -2.43. The Balaban J connectivity index is 1.47. The van der Waals surface area contributed by atoms with Gasteiger partial charge in [-0.1, -0.05) is 34.6 Å². The van der Waals surface area contributed by atoms with Gasteiger partial charge in [-0.05, 0) is 40.5 Å². The molecule has 0 saturated carbocycles. The van der Waals surface area contributed by atoms with E-state index in [1.807, 2.05) is 0 Å². The fourth-order valence-corrected chi connectivity index (χ4v) is 6.29. The van der Waals surface area contributed by atoms with Crippen molar-refractivity contribution in [2.24, 2.45) is 0 Å². The standard InChI is InChI=1S/C24H24BrClFN5O5S/c1-36-22-20(32-10-16(29-30-32)12-3-4-14(26)15(27)7-12)21(34)17(11-33)37-24(22)38-18-8-13(25)9-28-19(18)23(35)31-5-2-6-31/h3-4,7-10,17,20-22,24,33-34H,2,5-6,11H2,1H3. The SMILES string of the molecule is COC1C(Sc2cc(Br)cnc2C(=O)N2CCC2)OC(CO)C(O)C1n1cc(-c2ccc(Cl)c(F)c2)nn1. The van der Waals surface area contributed by atoms with Crippen LogP contribution in [-0.2, 0) is 9.47 Å². The van der Waals surface area contributed by atoms with Gasteiger partial charge in [0.05, 0.1) is 17.8 Å². The van der Waals surface area contributed by atoms with E-state index >= 15 is 0 Å². The molecule has 5 unspecified atom stereocenters. The molecule has 2 saturated heterocycles. The molecule has 2 N–H and O–H groups in total. The van der Waals surface area contributed by atoms with Crippen LogP contribution in [0.15, 0.2) is 46.0 Å². The Kier molecular flexibility index (Phi) is 8.33. The second kappa shape index (κ2) is 11.5. The molecule has 0 bridgehead atoms. The van der Waals surface area contributed by atoms with Crippen molar-refractivity contribution in [1.82, 2.24) is 24.9 Å². The first-order valence-corrected chi connectivity index (χ1v) is 13.8. The molecule has 5 atom stereocenters. The van der Waals surface area contributed by atoms with Crippen molar-refractivity contribution < 1.29 is 28.9 Å². The summed E-state index contributed by atoms with van der Waals surface area (Å²) < 4.78 is 28.0. The predicted molar refractivity (Wildman–Crippen MR) is 140 cm³/mol. The first-order valence-electron chi connectivity index (χ1n) is 11.8. The molecule has 14 heteroatoms. The molecule has 2 aromatic heterocycles. The van der Waals surface area contributed by atoms with Gasteiger partial charge in [-0.15, -0.1) is 5.10 Å². The van der Waals surface area contributed by atoms with Gasteiger partial charge in [0.1, 0.15) is 47.0 Å². The van der Waals surface area contributed by atoms with Gasteiger partial charge in [0.25, 0.3) is 5.91 Å². The van der Waals surface area contributed by atoms with Crippen LogP contribution >= 0.6 is 39.3 Å². The maximum absolute atomic E-state index is 14.0. The lowest BCUT2D eigenvalue weighted by Crippen LogP contribution is -2.55. The molecule has 2 fully saturated rings. The van der Waals surface area contributed by atoms with Crippen molar-refractivity contribution in [2.45, 2.75) is 41.1 Å². The highest BCUT2D eigenvalue weighted by atomic mass is 79.9. The lowest BCUT2D eigenvalue weighted by atomic mass is 9.97. The van der Waals surface area contributed by atoms with Crippen LogP contribution in [0.25, 0.3) is 11.3 Å². The molecule has 5 rings (SSSR count). The Labute approximate surface area is 235 Å². The van der Waals surface area contributed by atoms with Crippen molar-refractivity contribution in [3.63, 3.8) is 0 Å². The highest BCUT2D eigenvalue weighted by molar-refractivity contribution is 9.10. The number of nitrogens with zero attached hydrogens (tertiary/aromatic N) is 5. The summed E-state index contributed by atoms with van der Waals surface area (Å²) in [5.74, 6) is -0.773. The summed E-state index contributed by atoms with van der Waals surface area (Å²) in [5.41, 5.74) is 0.336. The normalized spacial score (nSPS) is 25.3. The molecule has 0 spiro atoms. The summed E-state index contributed by atoms with van der Waals surface area (Å²) in [5, 5.41) is 29.4. The number of rotatable bonds is 7. The van der Waals surface area contributed by atoms with E-state index < -0.39 is 42.2 Å². The summed E-state index contributed by atoms with van der Waals surface area (Å²) in [6.07, 6.45) is 1.11. The van der Waals surface area contributed by atoms with E-state index in [1.165, 1.54) is 35.7 Å². The summed E-state index contributed by atoms with van der Waals surface area (Å²) in [6.45, 7) is 0.883. The van der Waals surface area contributed by atoms with Gasteiger partial charge < -0.3 is 24.6 Å². The first kappa shape index (κ1) is 27.4. The number of thioether (sulfide) groups is 1. The number of aliphatic hydroxyl groups is 2. The highest BCUT2D eigenvalue weighted by Gasteiger charge is 2.48. The number of ether oxygens (including phenoxy) is 2. The van der Waals surface area contributed by atoms with Crippen molar-refractivity contribution in [3.05, 3.63) is 57.7 Å². The van der Waals surface area contributed by atoms with E-state index in [0.717, 1.165) is 6.42 Å². The third-order valence-corrected chi connectivity index (χ3v) is 8.45. The summed E-state index contributed by atoms with van der Waals surface area (Å²) in [6, 6.07) is 5.23. The number of pyridine rings is 1. The van der Waals surface area contributed by atoms with Crippen LogP contribution in [0.5, 0.6) is 0 Å². The Morgan fingerprint density at radius 1 is 1.37 bits per heavy atom. The number of benzene rings is 1. The molecule has 3 aromatic rings. The highest BCUT2D eigenvalue weighted by Crippen LogP contribution is 2.41. The van der Waals surface area contributed by atoms with Crippen molar-refractivity contribution in [2.75, 3.05) is 26.8 Å². The quantitative estimate of drug-likeness (QED) is 0.406. The average Bonchev–Trinajstić information content (AvgIpc) is 3.35. The molecule has 202 valence electrons. The van der Waals surface area contributed by atoms with Crippen LogP contribution in [0.1, 0.15) is 23.0 Å². The molecule has 10 nitrogen and oxygen atoms in total. The monoisotopic (exact) mass is 627 g/mol. The van der Waals surface area contributed by atoms with Gasteiger partial charge in [0.15, 0.2) is 0 Å². The number of likely N-dealkylation sites (tertiary alicyclic amines) is 1. The minimum Gasteiger partial charge on any atom is -0.394 e. The number of carbonyl (C=O) groups is 1. The molecule has 2 aliphatic heterocycles. The van der Waals surface area contributed by atoms with Crippen molar-refractivity contribution in [1.29, 1.82) is 0 Å². The van der Waals surface area contributed by atoms with Gasteiger partial charge in [-0.25, -0.2) is 14.1 Å². The van der Waals surface area contributed by atoms with E-state index in [2.05, 4.69) is 31.2 Å². The zero-order valence-electron chi connectivity index (χ0n) is 20.1. The van der Waals surface area contributed by atoms with E-state index in [1.54, 1.807) is 29.4 Å². The number of hydrogen-bond acceptors (Lipinski definition) is 9. The summed E-state index contributed by atoms with van der Waals surface area (Å²) in [7, 11) is 1.47. The smallest absolute Gasteiger partial charge is 0.273 e. The fraction of sp³-hybridized carbons (Fsp3) is 0.417. The summed E-state index contributed by atoms with van der Waals surface area (Å²) in [4.78, 5) is 19.7. The van der Waals surface area contributed by atoms with E-state index in [0.29, 0.717) is 33.7 Å². The molecule has 38 heavy (non-hydrogen) atoms. The maximum atomic E-state index is 14.0. The van der Waals surface area contributed by atoms with Gasteiger partial charge in [-0.2, -0.15) is 0 Å². The van der Waals surface area contributed by atoms with Crippen molar-refractivity contribution >= 4 is 45.2 Å². The van der Waals surface area contributed by atoms with Gasteiger partial charge in [0.2, 0.25) is 0 Å². The molecule has 0 radical (unpaired) electrons. The Morgan fingerprint density at radius 3 is 2.82 bits per heavy atom. The van der Waals surface area contributed by atoms with Crippen LogP contribution in [0.3, 0.4) is 0 Å². The van der Waals surface area contributed by atoms with Gasteiger partial charge in [-0.3, -0.25) is 4.79 Å². The molecular weight excluding hydrogens is 605 g/mol. The number of methoxy groups -OCH3 is 1. The zero-order chi connectivity index (χ0) is 27.0. The van der Waals surface area contributed by atoms with Crippen LogP contribution in [0, 0.1) is 5.82 Å². The Morgan fingerprint density at radius 2 is 2.16 bits per heavy atom. The minimum absolute atomic E-state index is 0.0138. The minimum atomic E-state index is -1.21. The first-order chi connectivity index (χ1) is 18.3. The molecule has 2 aliphatic rings. The molecule has 4 heterocycles. The van der Waals surface area contributed by atoms with Crippen LogP contribution < -0.4 is 0 Å². The second-order valence-corrected chi connectivity index (χ2v) is 11.3. The largest absolute Gasteiger partial charge is 0.394 e. The maximum Gasteiger partial charge on any atom is 0.273 e. The number of carbonyl (C=O) groups excluding carboxylic acids is 1. The van der Waals surface area contributed by atoms with E-state index in [9.17, 15) is 19.4 Å².